The predicted molar refractivity (Wildman–Crippen MR) is 72.0 cm³/mol. The highest BCUT2D eigenvalue weighted by atomic mass is 16.2. The van der Waals surface area contributed by atoms with E-state index in [1.807, 2.05) is 18.7 Å². The molecule has 0 atom stereocenters. The zero-order valence-electron chi connectivity index (χ0n) is 12.3. The number of carbonyl (C=O) groups is 1. The van der Waals surface area contributed by atoms with Crippen LogP contribution in [0.2, 0.25) is 0 Å². The molecule has 1 aliphatic heterocycles. The van der Waals surface area contributed by atoms with Gasteiger partial charge in [0, 0.05) is 19.1 Å². The summed E-state index contributed by atoms with van der Waals surface area (Å²) in [6.07, 6.45) is 2.20. The van der Waals surface area contributed by atoms with Crippen LogP contribution in [0.25, 0.3) is 0 Å². The third-order valence-corrected chi connectivity index (χ3v) is 4.38. The maximum absolute atomic E-state index is 11.9. The van der Waals surface area contributed by atoms with Crippen molar-refractivity contribution in [1.82, 2.24) is 10.2 Å². The van der Waals surface area contributed by atoms with E-state index in [9.17, 15) is 4.79 Å². The van der Waals surface area contributed by atoms with Crippen LogP contribution >= 0.6 is 0 Å². The van der Waals surface area contributed by atoms with E-state index >= 15 is 0 Å². The fraction of sp³-hybridized carbons (Fsp3) is 0.929. The number of hydrogen-bond donors (Lipinski definition) is 1. The SMILES string of the molecule is CC(C)NC(=O)N1CCC(C)(C(C)(C)C)CC1. The Morgan fingerprint density at radius 3 is 2.06 bits per heavy atom. The molecule has 0 spiro atoms. The van der Waals surface area contributed by atoms with Crippen LogP contribution in [-0.4, -0.2) is 30.1 Å². The summed E-state index contributed by atoms with van der Waals surface area (Å²) in [7, 11) is 0. The summed E-state index contributed by atoms with van der Waals surface area (Å²) in [6, 6.07) is 0.314. The quantitative estimate of drug-likeness (QED) is 0.749. The van der Waals surface area contributed by atoms with Crippen LogP contribution < -0.4 is 5.32 Å². The normalized spacial score (nSPS) is 20.5. The highest BCUT2D eigenvalue weighted by molar-refractivity contribution is 5.74. The Hall–Kier alpha value is -0.730. The number of likely N-dealkylation sites (tertiary alicyclic amines) is 1. The summed E-state index contributed by atoms with van der Waals surface area (Å²) < 4.78 is 0. The van der Waals surface area contributed by atoms with Gasteiger partial charge < -0.3 is 10.2 Å². The van der Waals surface area contributed by atoms with Gasteiger partial charge in [-0.2, -0.15) is 0 Å². The second kappa shape index (κ2) is 4.87. The van der Waals surface area contributed by atoms with E-state index < -0.39 is 0 Å². The number of nitrogens with one attached hydrogen (secondary N) is 1. The molecule has 0 aromatic carbocycles. The van der Waals surface area contributed by atoms with Gasteiger partial charge in [-0.25, -0.2) is 4.79 Å². The molecule has 1 aliphatic rings. The average molecular weight is 240 g/mol. The summed E-state index contributed by atoms with van der Waals surface area (Å²) in [5, 5.41) is 2.97. The topological polar surface area (TPSA) is 32.3 Å². The van der Waals surface area contributed by atoms with Gasteiger partial charge >= 0.3 is 6.03 Å². The van der Waals surface area contributed by atoms with Crippen molar-refractivity contribution in [3.05, 3.63) is 0 Å². The van der Waals surface area contributed by atoms with Crippen molar-refractivity contribution in [2.75, 3.05) is 13.1 Å². The first-order valence-electron chi connectivity index (χ1n) is 6.71. The molecule has 0 aromatic rings. The molecule has 1 heterocycles. The van der Waals surface area contributed by atoms with Gasteiger partial charge in [0.25, 0.3) is 0 Å². The van der Waals surface area contributed by atoms with Crippen molar-refractivity contribution in [3.8, 4) is 0 Å². The molecule has 2 amide bonds. The van der Waals surface area contributed by atoms with Gasteiger partial charge in [0.15, 0.2) is 0 Å². The largest absolute Gasteiger partial charge is 0.336 e. The number of piperidine rings is 1. The van der Waals surface area contributed by atoms with Gasteiger partial charge in [-0.3, -0.25) is 0 Å². The molecule has 0 aliphatic carbocycles. The molecule has 0 bridgehead atoms. The van der Waals surface area contributed by atoms with Crippen molar-refractivity contribution < 1.29 is 4.79 Å². The molecule has 3 nitrogen and oxygen atoms in total. The number of amides is 2. The van der Waals surface area contributed by atoms with Gasteiger partial charge in [0.2, 0.25) is 0 Å². The molecule has 1 N–H and O–H groups in total. The lowest BCUT2D eigenvalue weighted by molar-refractivity contribution is 0.0337. The predicted octanol–water partition coefficient (Wildman–Crippen LogP) is 3.25. The maximum Gasteiger partial charge on any atom is 0.317 e. The smallest absolute Gasteiger partial charge is 0.317 e. The van der Waals surface area contributed by atoms with Crippen LogP contribution in [0.5, 0.6) is 0 Å². The van der Waals surface area contributed by atoms with E-state index in [-0.39, 0.29) is 12.1 Å². The Kier molecular flexibility index (Phi) is 4.11. The first-order chi connectivity index (χ1) is 7.66. The molecular weight excluding hydrogens is 212 g/mol. The first kappa shape index (κ1) is 14.3. The minimum absolute atomic E-state index is 0.0935. The van der Waals surface area contributed by atoms with Crippen LogP contribution in [0.4, 0.5) is 4.79 Å². The van der Waals surface area contributed by atoms with Gasteiger partial charge in [-0.15, -0.1) is 0 Å². The van der Waals surface area contributed by atoms with E-state index in [0.29, 0.717) is 10.8 Å². The lowest BCUT2D eigenvalue weighted by Crippen LogP contribution is -2.50. The van der Waals surface area contributed by atoms with Gasteiger partial charge in [0.1, 0.15) is 0 Å². The summed E-state index contributed by atoms with van der Waals surface area (Å²) in [4.78, 5) is 13.8. The molecule has 1 fully saturated rings. The lowest BCUT2D eigenvalue weighted by Gasteiger charge is -2.47. The standard InChI is InChI=1S/C14H28N2O/c1-11(2)15-12(17)16-9-7-14(6,8-10-16)13(3,4)5/h11H,7-10H2,1-6H3,(H,15,17). The van der Waals surface area contributed by atoms with E-state index in [4.69, 9.17) is 0 Å². The minimum atomic E-state index is 0.0935. The molecule has 17 heavy (non-hydrogen) atoms. The van der Waals surface area contributed by atoms with E-state index in [2.05, 4.69) is 33.0 Å². The molecule has 0 radical (unpaired) electrons. The van der Waals surface area contributed by atoms with Crippen molar-refractivity contribution >= 4 is 6.03 Å². The number of hydrogen-bond acceptors (Lipinski definition) is 1. The van der Waals surface area contributed by atoms with Gasteiger partial charge in [-0.05, 0) is 37.5 Å². The number of nitrogens with zero attached hydrogens (tertiary/aromatic N) is 1. The summed E-state index contributed by atoms with van der Waals surface area (Å²) in [5.41, 5.74) is 0.662. The lowest BCUT2D eigenvalue weighted by atomic mass is 9.63. The fourth-order valence-electron chi connectivity index (χ4n) is 2.29. The number of urea groups is 1. The van der Waals surface area contributed by atoms with Crippen LogP contribution in [0, 0.1) is 10.8 Å². The van der Waals surface area contributed by atoms with Crippen molar-refractivity contribution in [2.24, 2.45) is 10.8 Å². The number of rotatable bonds is 1. The molecule has 1 rings (SSSR count). The Labute approximate surface area is 106 Å². The van der Waals surface area contributed by atoms with Crippen molar-refractivity contribution in [2.45, 2.75) is 60.4 Å². The van der Waals surface area contributed by atoms with Crippen LogP contribution in [-0.2, 0) is 0 Å². The molecular formula is C14H28N2O. The summed E-state index contributed by atoms with van der Waals surface area (Å²) in [6.45, 7) is 15.0. The Morgan fingerprint density at radius 1 is 1.24 bits per heavy atom. The third kappa shape index (κ3) is 3.36. The third-order valence-electron chi connectivity index (χ3n) is 4.38. The minimum Gasteiger partial charge on any atom is -0.336 e. The van der Waals surface area contributed by atoms with E-state index in [1.54, 1.807) is 0 Å². The molecule has 1 saturated heterocycles. The zero-order valence-corrected chi connectivity index (χ0v) is 12.3. The second-order valence-corrected chi connectivity index (χ2v) is 6.90. The first-order valence-corrected chi connectivity index (χ1v) is 6.71. The van der Waals surface area contributed by atoms with Gasteiger partial charge in [0.05, 0.1) is 0 Å². The zero-order chi connectivity index (χ0) is 13.3. The Balaban J connectivity index is 2.54. The van der Waals surface area contributed by atoms with Crippen molar-refractivity contribution in [1.29, 1.82) is 0 Å². The summed E-state index contributed by atoms with van der Waals surface area (Å²) >= 11 is 0. The van der Waals surface area contributed by atoms with E-state index in [0.717, 1.165) is 25.9 Å². The average Bonchev–Trinajstić information content (AvgIpc) is 2.15. The monoisotopic (exact) mass is 240 g/mol. The van der Waals surface area contributed by atoms with Crippen LogP contribution in [0.1, 0.15) is 54.4 Å². The molecule has 0 unspecified atom stereocenters. The second-order valence-electron chi connectivity index (χ2n) is 6.90. The number of carbonyl (C=O) groups excluding carboxylic acids is 1. The molecule has 3 heteroatoms. The van der Waals surface area contributed by atoms with E-state index in [1.165, 1.54) is 0 Å². The van der Waals surface area contributed by atoms with Crippen LogP contribution in [0.15, 0.2) is 0 Å². The Bertz CT molecular complexity index is 270. The van der Waals surface area contributed by atoms with Gasteiger partial charge in [-0.1, -0.05) is 27.7 Å². The summed E-state index contributed by atoms with van der Waals surface area (Å²) in [5.74, 6) is 0. The highest BCUT2D eigenvalue weighted by Crippen LogP contribution is 2.46. The maximum atomic E-state index is 11.9. The fourth-order valence-corrected chi connectivity index (χ4v) is 2.29. The van der Waals surface area contributed by atoms with Crippen LogP contribution in [0.3, 0.4) is 0 Å². The van der Waals surface area contributed by atoms with Crippen molar-refractivity contribution in [3.63, 3.8) is 0 Å². The molecule has 100 valence electrons. The highest BCUT2D eigenvalue weighted by Gasteiger charge is 2.40. The Morgan fingerprint density at radius 2 is 1.71 bits per heavy atom. The molecule has 0 saturated carbocycles. The molecule has 0 aromatic heterocycles.